The fourth-order valence-electron chi connectivity index (χ4n) is 1.90. The molecule has 134 valence electrons. The molecule has 0 saturated heterocycles. The molecule has 4 N–H and O–H groups in total. The number of hydrogen-bond donors (Lipinski definition) is 3. The van der Waals surface area contributed by atoms with E-state index in [-0.39, 0.29) is 11.8 Å². The van der Waals surface area contributed by atoms with Gasteiger partial charge in [0, 0.05) is 11.6 Å². The Kier molecular flexibility index (Phi) is 6.23. The number of amides is 3. The van der Waals surface area contributed by atoms with Crippen molar-refractivity contribution in [2.75, 3.05) is 18.7 Å². The van der Waals surface area contributed by atoms with Crippen LogP contribution in [0.15, 0.2) is 29.4 Å². The van der Waals surface area contributed by atoms with Crippen LogP contribution in [0.2, 0.25) is 0 Å². The summed E-state index contributed by atoms with van der Waals surface area (Å²) in [6.07, 6.45) is 0. The Morgan fingerprint density at radius 1 is 1.28 bits per heavy atom. The van der Waals surface area contributed by atoms with Gasteiger partial charge in [0.1, 0.15) is 5.75 Å². The third kappa shape index (κ3) is 5.11. The molecule has 1 heterocycles. The summed E-state index contributed by atoms with van der Waals surface area (Å²) in [5, 5.41) is 13.2. The fraction of sp³-hybridized carbons (Fsp3) is 0.333. The quantitative estimate of drug-likeness (QED) is 0.516. The van der Waals surface area contributed by atoms with Crippen LogP contribution in [0, 0.1) is 0 Å². The van der Waals surface area contributed by atoms with Gasteiger partial charge in [-0.2, -0.15) is 0 Å². The maximum atomic E-state index is 11.8. The third-order valence-electron chi connectivity index (χ3n) is 3.02. The van der Waals surface area contributed by atoms with Crippen molar-refractivity contribution in [3.05, 3.63) is 24.3 Å². The Hall–Kier alpha value is -2.75. The van der Waals surface area contributed by atoms with Crippen molar-refractivity contribution >= 4 is 23.7 Å². The summed E-state index contributed by atoms with van der Waals surface area (Å²) in [5.74, 6) is 6.71. The fourth-order valence-corrected chi connectivity index (χ4v) is 2.56. The Balaban J connectivity index is 1.96. The highest BCUT2D eigenvalue weighted by Gasteiger charge is 2.15. The van der Waals surface area contributed by atoms with E-state index in [1.54, 1.807) is 33.1 Å². The molecule has 2 aromatic rings. The number of nitrogens with one attached hydrogen (secondary N) is 2. The van der Waals surface area contributed by atoms with Gasteiger partial charge in [0.15, 0.2) is 5.82 Å². The maximum Gasteiger partial charge on any atom is 0.321 e. The first-order valence-corrected chi connectivity index (χ1v) is 8.47. The van der Waals surface area contributed by atoms with Crippen LogP contribution in [0.3, 0.4) is 0 Å². The average Bonchev–Trinajstić information content (AvgIpc) is 2.93. The van der Waals surface area contributed by atoms with Crippen LogP contribution in [-0.2, 0) is 4.79 Å². The Morgan fingerprint density at radius 3 is 2.56 bits per heavy atom. The van der Waals surface area contributed by atoms with Crippen LogP contribution >= 0.6 is 11.8 Å². The number of ether oxygens (including phenoxy) is 1. The highest BCUT2D eigenvalue weighted by Crippen LogP contribution is 2.23. The van der Waals surface area contributed by atoms with Gasteiger partial charge in [0.05, 0.1) is 12.9 Å². The minimum Gasteiger partial charge on any atom is -0.497 e. The number of rotatable bonds is 6. The van der Waals surface area contributed by atoms with E-state index in [4.69, 9.17) is 10.6 Å². The number of hydrogen-bond acceptors (Lipinski definition) is 7. The van der Waals surface area contributed by atoms with E-state index in [1.165, 1.54) is 4.68 Å². The van der Waals surface area contributed by atoms with Crippen LogP contribution in [-0.4, -0.2) is 45.7 Å². The molecule has 0 bridgehead atoms. The number of thioether (sulfide) groups is 1. The monoisotopic (exact) mass is 364 g/mol. The molecule has 0 unspecified atom stereocenters. The van der Waals surface area contributed by atoms with Crippen LogP contribution < -0.4 is 21.2 Å². The van der Waals surface area contributed by atoms with Crippen molar-refractivity contribution in [3.63, 3.8) is 0 Å². The van der Waals surface area contributed by atoms with Crippen molar-refractivity contribution in [3.8, 4) is 17.1 Å². The molecule has 0 saturated carbocycles. The summed E-state index contributed by atoms with van der Waals surface area (Å²) in [6, 6.07) is 6.61. The second kappa shape index (κ2) is 8.38. The summed E-state index contributed by atoms with van der Waals surface area (Å²) < 4.78 is 6.41. The average molecular weight is 364 g/mol. The molecule has 25 heavy (non-hydrogen) atoms. The van der Waals surface area contributed by atoms with Crippen molar-refractivity contribution < 1.29 is 14.3 Å². The first-order chi connectivity index (χ1) is 11.9. The lowest BCUT2D eigenvalue weighted by atomic mass is 10.2. The number of nitrogen functional groups attached to an aromatic ring is 1. The topological polar surface area (TPSA) is 124 Å². The Labute approximate surface area is 149 Å². The number of benzene rings is 1. The summed E-state index contributed by atoms with van der Waals surface area (Å²) >= 11 is 1.09. The van der Waals surface area contributed by atoms with E-state index in [0.717, 1.165) is 23.1 Å². The number of imide groups is 1. The van der Waals surface area contributed by atoms with E-state index in [1.807, 2.05) is 12.1 Å². The first-order valence-electron chi connectivity index (χ1n) is 7.48. The number of nitrogens with zero attached hydrogens (tertiary/aromatic N) is 3. The highest BCUT2D eigenvalue weighted by molar-refractivity contribution is 7.99. The van der Waals surface area contributed by atoms with Gasteiger partial charge in [0.2, 0.25) is 11.1 Å². The van der Waals surface area contributed by atoms with E-state index in [2.05, 4.69) is 20.8 Å². The van der Waals surface area contributed by atoms with Crippen molar-refractivity contribution in [1.29, 1.82) is 0 Å². The molecule has 2 rings (SSSR count). The van der Waals surface area contributed by atoms with Gasteiger partial charge in [-0.05, 0) is 38.1 Å². The summed E-state index contributed by atoms with van der Waals surface area (Å²) in [4.78, 5) is 23.2. The maximum absolute atomic E-state index is 11.8. The van der Waals surface area contributed by atoms with Crippen LogP contribution in [0.5, 0.6) is 5.75 Å². The zero-order valence-corrected chi connectivity index (χ0v) is 15.0. The molecule has 10 heteroatoms. The molecule has 0 fully saturated rings. The number of urea groups is 1. The first kappa shape index (κ1) is 18.6. The van der Waals surface area contributed by atoms with Crippen LogP contribution in [0.25, 0.3) is 11.4 Å². The summed E-state index contributed by atoms with van der Waals surface area (Å²) in [5.41, 5.74) is 0.767. The van der Waals surface area contributed by atoms with Crippen molar-refractivity contribution in [2.24, 2.45) is 0 Å². The zero-order chi connectivity index (χ0) is 18.4. The molecule has 0 atom stereocenters. The van der Waals surface area contributed by atoms with Gasteiger partial charge in [0.25, 0.3) is 0 Å². The molecular weight excluding hydrogens is 344 g/mol. The molecule has 1 aromatic heterocycles. The minimum absolute atomic E-state index is 0.0105. The Bertz CT molecular complexity index is 744. The standard InChI is InChI=1S/C15H20N6O3S/c1-9(2)17-14(23)18-12(22)8-25-15-20-19-13(21(15)16)10-4-6-11(24-3)7-5-10/h4-7,9H,8,16H2,1-3H3,(H2,17,18,22,23). The van der Waals surface area contributed by atoms with Gasteiger partial charge in [-0.25, -0.2) is 9.47 Å². The van der Waals surface area contributed by atoms with E-state index < -0.39 is 11.9 Å². The smallest absolute Gasteiger partial charge is 0.321 e. The predicted molar refractivity (Wildman–Crippen MR) is 94.7 cm³/mol. The second-order valence-corrected chi connectivity index (χ2v) is 6.31. The third-order valence-corrected chi connectivity index (χ3v) is 3.96. The lowest BCUT2D eigenvalue weighted by Gasteiger charge is -2.08. The van der Waals surface area contributed by atoms with Crippen LogP contribution in [0.4, 0.5) is 4.79 Å². The lowest BCUT2D eigenvalue weighted by Crippen LogP contribution is -2.43. The normalized spacial score (nSPS) is 10.6. The minimum atomic E-state index is -0.534. The second-order valence-electron chi connectivity index (χ2n) is 5.37. The van der Waals surface area contributed by atoms with Gasteiger partial charge in [-0.1, -0.05) is 11.8 Å². The van der Waals surface area contributed by atoms with E-state index >= 15 is 0 Å². The molecule has 1 aromatic carbocycles. The summed E-state index contributed by atoms with van der Waals surface area (Å²) in [6.45, 7) is 3.60. The van der Waals surface area contributed by atoms with E-state index in [0.29, 0.717) is 11.0 Å². The number of aromatic nitrogens is 3. The molecule has 0 aliphatic heterocycles. The zero-order valence-electron chi connectivity index (χ0n) is 14.1. The number of carbonyl (C=O) groups excluding carboxylic acids is 2. The van der Waals surface area contributed by atoms with Crippen molar-refractivity contribution in [2.45, 2.75) is 25.0 Å². The predicted octanol–water partition coefficient (Wildman–Crippen LogP) is 0.994. The Morgan fingerprint density at radius 2 is 1.96 bits per heavy atom. The SMILES string of the molecule is COc1ccc(-c2nnc(SCC(=O)NC(=O)NC(C)C)n2N)cc1. The molecule has 0 aliphatic carbocycles. The van der Waals surface area contributed by atoms with E-state index in [9.17, 15) is 9.59 Å². The highest BCUT2D eigenvalue weighted by atomic mass is 32.2. The molecular formula is C15H20N6O3S. The number of carbonyl (C=O) groups is 2. The molecule has 0 aliphatic rings. The molecule has 3 amide bonds. The number of nitrogens with two attached hydrogens (primary N) is 1. The van der Waals surface area contributed by atoms with Crippen LogP contribution in [0.1, 0.15) is 13.8 Å². The number of methoxy groups -OCH3 is 1. The lowest BCUT2D eigenvalue weighted by molar-refractivity contribution is -0.117. The summed E-state index contributed by atoms with van der Waals surface area (Å²) in [7, 11) is 1.58. The largest absolute Gasteiger partial charge is 0.497 e. The molecule has 9 nitrogen and oxygen atoms in total. The molecule has 0 radical (unpaired) electrons. The van der Waals surface area contributed by atoms with Gasteiger partial charge in [-0.15, -0.1) is 10.2 Å². The van der Waals surface area contributed by atoms with Crippen molar-refractivity contribution in [1.82, 2.24) is 25.5 Å². The van der Waals surface area contributed by atoms with Gasteiger partial charge >= 0.3 is 6.03 Å². The molecule has 0 spiro atoms. The van der Waals surface area contributed by atoms with Gasteiger partial charge < -0.3 is 15.9 Å². The van der Waals surface area contributed by atoms with Gasteiger partial charge in [-0.3, -0.25) is 10.1 Å².